The number of rotatable bonds is 2. The monoisotopic (exact) mass is 265 g/mol. The van der Waals surface area contributed by atoms with Crippen LogP contribution >= 0.6 is 11.6 Å². The molecule has 1 aromatic heterocycles. The second-order valence-electron chi connectivity index (χ2n) is 5.03. The zero-order valence-corrected chi connectivity index (χ0v) is 11.4. The van der Waals surface area contributed by atoms with E-state index >= 15 is 0 Å². The number of aromatic nitrogens is 3. The number of nitrogen functional groups attached to an aromatic ring is 1. The molecule has 0 radical (unpaired) electrons. The van der Waals surface area contributed by atoms with Crippen molar-refractivity contribution in [2.24, 2.45) is 0 Å². The smallest absolute Gasteiger partial charge is 0.244 e. The summed E-state index contributed by atoms with van der Waals surface area (Å²) in [6.07, 6.45) is 0. The van der Waals surface area contributed by atoms with Crippen molar-refractivity contribution in [3.63, 3.8) is 0 Å². The van der Waals surface area contributed by atoms with Gasteiger partial charge in [-0.25, -0.2) is 0 Å². The third-order valence-corrected chi connectivity index (χ3v) is 2.52. The van der Waals surface area contributed by atoms with Gasteiger partial charge in [0, 0.05) is 5.54 Å². The molecule has 2 aromatic rings. The summed E-state index contributed by atoms with van der Waals surface area (Å²) in [5.41, 5.74) is 6.44. The van der Waals surface area contributed by atoms with E-state index in [0.717, 1.165) is 0 Å². The molecule has 0 bridgehead atoms. The molecule has 1 aromatic carbocycles. The Labute approximate surface area is 111 Å². The van der Waals surface area contributed by atoms with Crippen molar-refractivity contribution in [1.29, 1.82) is 0 Å². The summed E-state index contributed by atoms with van der Waals surface area (Å²) < 4.78 is 1.52. The second kappa shape index (κ2) is 4.49. The third-order valence-electron chi connectivity index (χ3n) is 2.20. The maximum Gasteiger partial charge on any atom is 0.244 e. The number of anilines is 2. The predicted octanol–water partition coefficient (Wildman–Crippen LogP) is 2.71. The van der Waals surface area contributed by atoms with Gasteiger partial charge in [0.1, 0.15) is 0 Å². The average molecular weight is 266 g/mol. The largest absolute Gasteiger partial charge is 0.368 e. The number of nitrogens with zero attached hydrogens (tertiary/aromatic N) is 3. The zero-order valence-electron chi connectivity index (χ0n) is 10.6. The minimum Gasteiger partial charge on any atom is -0.368 e. The first-order valence-corrected chi connectivity index (χ1v) is 6.00. The molecule has 18 heavy (non-hydrogen) atoms. The van der Waals surface area contributed by atoms with E-state index in [2.05, 4.69) is 15.4 Å². The number of halogens is 1. The number of nitrogens with one attached hydrogen (secondary N) is 1. The fraction of sp³-hybridized carbons (Fsp3) is 0.333. The first-order chi connectivity index (χ1) is 8.37. The molecule has 0 amide bonds. The fourth-order valence-electron chi connectivity index (χ4n) is 1.51. The van der Waals surface area contributed by atoms with Crippen LogP contribution in [0.25, 0.3) is 5.69 Å². The number of nitrogens with two attached hydrogens (primary N) is 1. The van der Waals surface area contributed by atoms with Crippen molar-refractivity contribution in [3.05, 3.63) is 29.3 Å². The van der Waals surface area contributed by atoms with Gasteiger partial charge in [-0.15, -0.1) is 5.10 Å². The minimum absolute atomic E-state index is 0.126. The lowest BCUT2D eigenvalue weighted by molar-refractivity contribution is 0.625. The van der Waals surface area contributed by atoms with E-state index < -0.39 is 0 Å². The Balaban J connectivity index is 2.39. The Hall–Kier alpha value is -1.75. The van der Waals surface area contributed by atoms with E-state index in [9.17, 15) is 0 Å². The van der Waals surface area contributed by atoms with E-state index in [1.807, 2.05) is 39.0 Å². The molecule has 0 aliphatic carbocycles. The fourth-order valence-corrected chi connectivity index (χ4v) is 1.73. The van der Waals surface area contributed by atoms with E-state index in [4.69, 9.17) is 17.3 Å². The molecule has 96 valence electrons. The van der Waals surface area contributed by atoms with Crippen molar-refractivity contribution in [2.45, 2.75) is 26.3 Å². The van der Waals surface area contributed by atoms with Crippen LogP contribution in [-0.4, -0.2) is 20.3 Å². The van der Waals surface area contributed by atoms with Gasteiger partial charge >= 0.3 is 0 Å². The Morgan fingerprint density at radius 2 is 1.94 bits per heavy atom. The number of hydrogen-bond acceptors (Lipinski definition) is 4. The molecule has 0 atom stereocenters. The third kappa shape index (κ3) is 2.73. The highest BCUT2D eigenvalue weighted by Gasteiger charge is 2.16. The topological polar surface area (TPSA) is 68.8 Å². The molecule has 0 fully saturated rings. The van der Waals surface area contributed by atoms with Gasteiger partial charge < -0.3 is 11.1 Å². The van der Waals surface area contributed by atoms with Gasteiger partial charge in [0.2, 0.25) is 11.9 Å². The lowest BCUT2D eigenvalue weighted by atomic mass is 10.1. The molecule has 0 saturated heterocycles. The quantitative estimate of drug-likeness (QED) is 0.876. The van der Waals surface area contributed by atoms with Crippen LogP contribution in [0.3, 0.4) is 0 Å². The van der Waals surface area contributed by atoms with Gasteiger partial charge in [-0.1, -0.05) is 23.7 Å². The van der Waals surface area contributed by atoms with Crippen LogP contribution in [0.4, 0.5) is 11.9 Å². The molecule has 0 unspecified atom stereocenters. The predicted molar refractivity (Wildman–Crippen MR) is 74.2 cm³/mol. The van der Waals surface area contributed by atoms with Crippen LogP contribution in [0.15, 0.2) is 24.3 Å². The first kappa shape index (κ1) is 12.7. The molecular formula is C12H16ClN5. The highest BCUT2D eigenvalue weighted by atomic mass is 35.5. The number of hydrogen-bond donors (Lipinski definition) is 2. The Kier molecular flexibility index (Phi) is 3.17. The van der Waals surface area contributed by atoms with Gasteiger partial charge in [0.15, 0.2) is 0 Å². The standard InChI is InChI=1S/C12H16ClN5/c1-12(2,3)16-11-15-10(14)18(17-11)9-7-5-4-6-8(9)13/h4-7H,1-3H3,(H3,14,15,16,17). The van der Waals surface area contributed by atoms with Gasteiger partial charge in [0.05, 0.1) is 10.7 Å². The maximum absolute atomic E-state index is 6.11. The van der Waals surface area contributed by atoms with Crippen LogP contribution in [0.5, 0.6) is 0 Å². The van der Waals surface area contributed by atoms with Crippen LogP contribution in [0.1, 0.15) is 20.8 Å². The Morgan fingerprint density at radius 3 is 2.56 bits per heavy atom. The highest BCUT2D eigenvalue weighted by molar-refractivity contribution is 6.32. The van der Waals surface area contributed by atoms with Gasteiger partial charge in [-0.3, -0.25) is 0 Å². The summed E-state index contributed by atoms with van der Waals surface area (Å²) in [5, 5.41) is 8.06. The van der Waals surface area contributed by atoms with Crippen molar-refractivity contribution in [2.75, 3.05) is 11.1 Å². The molecule has 0 aliphatic heterocycles. The molecule has 2 rings (SSSR count). The summed E-state index contributed by atoms with van der Waals surface area (Å²) in [6.45, 7) is 6.08. The van der Waals surface area contributed by atoms with Gasteiger partial charge in [-0.2, -0.15) is 9.67 Å². The first-order valence-electron chi connectivity index (χ1n) is 5.62. The maximum atomic E-state index is 6.11. The normalized spacial score (nSPS) is 11.6. The summed E-state index contributed by atoms with van der Waals surface area (Å²) in [6, 6.07) is 7.36. The molecule has 0 saturated carbocycles. The van der Waals surface area contributed by atoms with Crippen LogP contribution in [0.2, 0.25) is 5.02 Å². The average Bonchev–Trinajstić information content (AvgIpc) is 2.57. The Morgan fingerprint density at radius 1 is 1.28 bits per heavy atom. The minimum atomic E-state index is -0.126. The zero-order chi connectivity index (χ0) is 13.3. The van der Waals surface area contributed by atoms with Crippen molar-refractivity contribution >= 4 is 23.5 Å². The molecular weight excluding hydrogens is 250 g/mol. The van der Waals surface area contributed by atoms with Crippen molar-refractivity contribution in [3.8, 4) is 5.69 Å². The second-order valence-corrected chi connectivity index (χ2v) is 5.44. The molecule has 5 nitrogen and oxygen atoms in total. The molecule has 0 spiro atoms. The van der Waals surface area contributed by atoms with E-state index in [1.165, 1.54) is 4.68 Å². The molecule has 3 N–H and O–H groups in total. The van der Waals surface area contributed by atoms with Crippen LogP contribution in [0, 0.1) is 0 Å². The van der Waals surface area contributed by atoms with Crippen molar-refractivity contribution < 1.29 is 0 Å². The summed E-state index contributed by atoms with van der Waals surface area (Å²) >= 11 is 6.11. The van der Waals surface area contributed by atoms with Gasteiger partial charge in [0.25, 0.3) is 0 Å². The van der Waals surface area contributed by atoms with E-state index in [1.54, 1.807) is 6.07 Å². The SMILES string of the molecule is CC(C)(C)Nc1nc(N)n(-c2ccccc2Cl)n1. The van der Waals surface area contributed by atoms with Crippen molar-refractivity contribution in [1.82, 2.24) is 14.8 Å². The van der Waals surface area contributed by atoms with E-state index in [-0.39, 0.29) is 5.54 Å². The summed E-state index contributed by atoms with van der Waals surface area (Å²) in [4.78, 5) is 4.17. The molecule has 1 heterocycles. The summed E-state index contributed by atoms with van der Waals surface area (Å²) in [5.74, 6) is 0.787. The highest BCUT2D eigenvalue weighted by Crippen LogP contribution is 2.22. The van der Waals surface area contributed by atoms with E-state index in [0.29, 0.717) is 22.6 Å². The molecule has 6 heteroatoms. The van der Waals surface area contributed by atoms with Crippen LogP contribution < -0.4 is 11.1 Å². The lowest BCUT2D eigenvalue weighted by Crippen LogP contribution is -2.26. The Bertz CT molecular complexity index is 556. The van der Waals surface area contributed by atoms with Crippen LogP contribution in [-0.2, 0) is 0 Å². The molecule has 0 aliphatic rings. The summed E-state index contributed by atoms with van der Waals surface area (Å²) in [7, 11) is 0. The number of benzene rings is 1. The van der Waals surface area contributed by atoms with Gasteiger partial charge in [-0.05, 0) is 32.9 Å². The number of para-hydroxylation sites is 1. The lowest BCUT2D eigenvalue weighted by Gasteiger charge is -2.18.